The van der Waals surface area contributed by atoms with Crippen LogP contribution in [0.15, 0.2) is 16.9 Å². The fourth-order valence-electron chi connectivity index (χ4n) is 1.83. The molecule has 0 aliphatic rings. The minimum Gasteiger partial charge on any atom is -0.364 e. The van der Waals surface area contributed by atoms with Gasteiger partial charge in [-0.3, -0.25) is 0 Å². The van der Waals surface area contributed by atoms with E-state index < -0.39 is 0 Å². The highest BCUT2D eigenvalue weighted by atomic mass is 16.5. The molecule has 0 saturated heterocycles. The molecule has 2 aromatic heterocycles. The summed E-state index contributed by atoms with van der Waals surface area (Å²) < 4.78 is 4.80. The molecule has 0 atom stereocenters. The van der Waals surface area contributed by atoms with Gasteiger partial charge in [-0.2, -0.15) is 15.0 Å². The molecule has 8 nitrogen and oxygen atoms in total. The predicted octanol–water partition coefficient (Wildman–Crippen LogP) is 1.75. The van der Waals surface area contributed by atoms with Crippen LogP contribution in [0, 0.1) is 0 Å². The maximum Gasteiger partial charge on any atom is 0.231 e. The molecule has 0 radical (unpaired) electrons. The van der Waals surface area contributed by atoms with Gasteiger partial charge < -0.3 is 20.1 Å². The fourth-order valence-corrected chi connectivity index (χ4v) is 1.83. The maximum absolute atomic E-state index is 4.80. The van der Waals surface area contributed by atoms with Crippen molar-refractivity contribution in [2.45, 2.75) is 27.3 Å². The van der Waals surface area contributed by atoms with Crippen molar-refractivity contribution in [2.75, 3.05) is 35.2 Å². The summed E-state index contributed by atoms with van der Waals surface area (Å²) in [4.78, 5) is 15.3. The molecule has 2 N–H and O–H groups in total. The van der Waals surface area contributed by atoms with Crippen LogP contribution in [0.1, 0.15) is 26.5 Å². The first-order chi connectivity index (χ1) is 10.3. The summed E-state index contributed by atoms with van der Waals surface area (Å²) in [6, 6.07) is 1.80. The van der Waals surface area contributed by atoms with E-state index in [0.717, 1.165) is 25.3 Å². The number of hydrogen-bond donors (Lipinski definition) is 2. The Labute approximate surface area is 124 Å². The summed E-state index contributed by atoms with van der Waals surface area (Å²) in [7, 11) is 0. The predicted molar refractivity (Wildman–Crippen MR) is 81.4 cm³/mol. The van der Waals surface area contributed by atoms with Crippen molar-refractivity contribution < 1.29 is 4.52 Å². The molecular formula is C13H21N7O. The lowest BCUT2D eigenvalue weighted by atomic mass is 10.4. The largest absolute Gasteiger partial charge is 0.364 e. The molecule has 2 rings (SSSR count). The van der Waals surface area contributed by atoms with Crippen molar-refractivity contribution in [2.24, 2.45) is 0 Å². The van der Waals surface area contributed by atoms with Gasteiger partial charge in [0.2, 0.25) is 17.8 Å². The van der Waals surface area contributed by atoms with Crippen LogP contribution in [0.5, 0.6) is 0 Å². The molecule has 21 heavy (non-hydrogen) atoms. The zero-order valence-electron chi connectivity index (χ0n) is 12.6. The minimum atomic E-state index is 0.504. The molecule has 0 aromatic carbocycles. The molecule has 8 heteroatoms. The average molecular weight is 291 g/mol. The van der Waals surface area contributed by atoms with Gasteiger partial charge in [-0.1, -0.05) is 5.16 Å². The topological polar surface area (TPSA) is 92.0 Å². The van der Waals surface area contributed by atoms with Crippen LogP contribution in [0.2, 0.25) is 0 Å². The SMILES string of the molecule is CCNc1nc(NCc2ccon2)nc(N(CC)CC)n1. The highest BCUT2D eigenvalue weighted by molar-refractivity contribution is 5.43. The standard InChI is InChI=1S/C13H21N7O/c1-4-14-11-16-12(15-9-10-7-8-21-19-10)18-13(17-11)20(5-2)6-3/h7-8H,4-6,9H2,1-3H3,(H2,14,15,16,17,18). The molecule has 2 aromatic rings. The third-order valence-corrected chi connectivity index (χ3v) is 2.92. The molecule has 0 bridgehead atoms. The summed E-state index contributed by atoms with van der Waals surface area (Å²) in [5, 5.41) is 10.1. The molecule has 0 saturated carbocycles. The van der Waals surface area contributed by atoms with Crippen molar-refractivity contribution in [1.29, 1.82) is 0 Å². The lowest BCUT2D eigenvalue weighted by Crippen LogP contribution is -2.25. The molecule has 0 fully saturated rings. The molecule has 0 aliphatic carbocycles. The number of nitrogens with zero attached hydrogens (tertiary/aromatic N) is 5. The van der Waals surface area contributed by atoms with E-state index in [1.54, 1.807) is 6.07 Å². The second-order valence-electron chi connectivity index (χ2n) is 4.33. The number of anilines is 3. The summed E-state index contributed by atoms with van der Waals surface area (Å²) in [6.07, 6.45) is 1.54. The number of rotatable bonds is 8. The Morgan fingerprint density at radius 3 is 2.33 bits per heavy atom. The van der Waals surface area contributed by atoms with E-state index in [4.69, 9.17) is 4.52 Å². The Hall–Kier alpha value is -2.38. The fraction of sp³-hybridized carbons (Fsp3) is 0.538. The van der Waals surface area contributed by atoms with Crippen molar-refractivity contribution in [3.8, 4) is 0 Å². The Bertz CT molecular complexity index is 539. The van der Waals surface area contributed by atoms with Crippen molar-refractivity contribution in [3.05, 3.63) is 18.0 Å². The Morgan fingerprint density at radius 2 is 1.76 bits per heavy atom. The average Bonchev–Trinajstić information content (AvgIpc) is 3.00. The molecule has 0 unspecified atom stereocenters. The van der Waals surface area contributed by atoms with Gasteiger partial charge >= 0.3 is 0 Å². The van der Waals surface area contributed by atoms with Crippen LogP contribution in [0.3, 0.4) is 0 Å². The van der Waals surface area contributed by atoms with Gasteiger partial charge in [-0.25, -0.2) is 0 Å². The summed E-state index contributed by atoms with van der Waals surface area (Å²) >= 11 is 0. The third kappa shape index (κ3) is 4.04. The molecule has 2 heterocycles. The Morgan fingerprint density at radius 1 is 1.05 bits per heavy atom. The Balaban J connectivity index is 2.18. The highest BCUT2D eigenvalue weighted by Gasteiger charge is 2.11. The normalized spacial score (nSPS) is 10.4. The van der Waals surface area contributed by atoms with Crippen molar-refractivity contribution in [1.82, 2.24) is 20.1 Å². The number of hydrogen-bond acceptors (Lipinski definition) is 8. The summed E-state index contributed by atoms with van der Waals surface area (Å²) in [5.41, 5.74) is 0.796. The van der Waals surface area contributed by atoms with E-state index in [1.165, 1.54) is 6.26 Å². The first kappa shape index (κ1) is 15.0. The number of aromatic nitrogens is 4. The second-order valence-corrected chi connectivity index (χ2v) is 4.33. The van der Waals surface area contributed by atoms with Gasteiger partial charge in [0.1, 0.15) is 12.0 Å². The monoisotopic (exact) mass is 291 g/mol. The van der Waals surface area contributed by atoms with Crippen LogP contribution in [-0.2, 0) is 6.54 Å². The van der Waals surface area contributed by atoms with Crippen LogP contribution in [-0.4, -0.2) is 39.7 Å². The van der Waals surface area contributed by atoms with E-state index in [1.807, 2.05) is 6.92 Å². The zero-order valence-corrected chi connectivity index (χ0v) is 12.6. The summed E-state index contributed by atoms with van der Waals surface area (Å²) in [6.45, 7) is 9.09. The lowest BCUT2D eigenvalue weighted by Gasteiger charge is -2.19. The zero-order chi connectivity index (χ0) is 15.1. The maximum atomic E-state index is 4.80. The van der Waals surface area contributed by atoms with Gasteiger partial charge in [-0.05, 0) is 20.8 Å². The van der Waals surface area contributed by atoms with E-state index in [9.17, 15) is 0 Å². The van der Waals surface area contributed by atoms with Gasteiger partial charge in [0, 0.05) is 25.7 Å². The van der Waals surface area contributed by atoms with Crippen LogP contribution in [0.25, 0.3) is 0 Å². The van der Waals surface area contributed by atoms with Crippen molar-refractivity contribution in [3.63, 3.8) is 0 Å². The van der Waals surface area contributed by atoms with E-state index in [2.05, 4.69) is 49.5 Å². The van der Waals surface area contributed by atoms with Gasteiger partial charge in [0.05, 0.1) is 6.54 Å². The molecule has 0 amide bonds. The highest BCUT2D eigenvalue weighted by Crippen LogP contribution is 2.14. The first-order valence-corrected chi connectivity index (χ1v) is 7.14. The van der Waals surface area contributed by atoms with Crippen LogP contribution >= 0.6 is 0 Å². The van der Waals surface area contributed by atoms with Gasteiger partial charge in [0.15, 0.2) is 0 Å². The minimum absolute atomic E-state index is 0.504. The molecule has 0 spiro atoms. The number of nitrogens with one attached hydrogen (secondary N) is 2. The third-order valence-electron chi connectivity index (χ3n) is 2.92. The summed E-state index contributed by atoms with van der Waals surface area (Å²) in [5.74, 6) is 1.75. The van der Waals surface area contributed by atoms with Crippen LogP contribution < -0.4 is 15.5 Å². The molecular weight excluding hydrogens is 270 g/mol. The van der Waals surface area contributed by atoms with E-state index in [0.29, 0.717) is 24.4 Å². The second kappa shape index (κ2) is 7.41. The van der Waals surface area contributed by atoms with Gasteiger partial charge in [0.25, 0.3) is 0 Å². The van der Waals surface area contributed by atoms with Crippen molar-refractivity contribution >= 4 is 17.8 Å². The molecule has 0 aliphatic heterocycles. The molecule has 114 valence electrons. The van der Waals surface area contributed by atoms with E-state index in [-0.39, 0.29) is 0 Å². The van der Waals surface area contributed by atoms with E-state index >= 15 is 0 Å². The quantitative estimate of drug-likeness (QED) is 0.760. The lowest BCUT2D eigenvalue weighted by molar-refractivity contribution is 0.412. The van der Waals surface area contributed by atoms with Gasteiger partial charge in [-0.15, -0.1) is 0 Å². The Kier molecular flexibility index (Phi) is 5.30. The van der Waals surface area contributed by atoms with Crippen LogP contribution in [0.4, 0.5) is 17.8 Å². The smallest absolute Gasteiger partial charge is 0.231 e. The first-order valence-electron chi connectivity index (χ1n) is 7.14.